The van der Waals surface area contributed by atoms with E-state index in [1.807, 2.05) is 33.9 Å². The van der Waals surface area contributed by atoms with Gasteiger partial charge in [-0.15, -0.1) is 0 Å². The summed E-state index contributed by atoms with van der Waals surface area (Å²) in [5, 5.41) is 8.80. The van der Waals surface area contributed by atoms with Crippen molar-refractivity contribution in [1.82, 2.24) is 29.4 Å². The SMILES string of the molecule is C=C(C)NC.CCc1c(-c2nc(C)nc3nc(C)ccc23)cccc1-n1c2ccccc2c2cc(-n3c4ccccc4c4ccccc43)ccc21. The zero-order valence-corrected chi connectivity index (χ0v) is 29.7. The fourth-order valence-electron chi connectivity index (χ4n) is 7.36. The fraction of sp³-hybridized carbons (Fsp3) is 0.133. The van der Waals surface area contributed by atoms with Gasteiger partial charge in [0.1, 0.15) is 5.82 Å². The van der Waals surface area contributed by atoms with Crippen molar-refractivity contribution < 1.29 is 0 Å². The lowest BCUT2D eigenvalue weighted by Gasteiger charge is -2.18. The average Bonchev–Trinajstić information content (AvgIpc) is 3.66. The normalized spacial score (nSPS) is 11.4. The van der Waals surface area contributed by atoms with E-state index < -0.39 is 0 Å². The second-order valence-electron chi connectivity index (χ2n) is 13.1. The van der Waals surface area contributed by atoms with Crippen molar-refractivity contribution in [1.29, 1.82) is 0 Å². The molecule has 4 heterocycles. The summed E-state index contributed by atoms with van der Waals surface area (Å²) in [5.74, 6) is 0.725. The van der Waals surface area contributed by atoms with Crippen LogP contribution in [-0.4, -0.2) is 31.1 Å². The fourth-order valence-corrected chi connectivity index (χ4v) is 7.36. The smallest absolute Gasteiger partial charge is 0.163 e. The van der Waals surface area contributed by atoms with Crippen molar-refractivity contribution in [2.24, 2.45) is 0 Å². The zero-order chi connectivity index (χ0) is 35.2. The monoisotopic (exact) mass is 664 g/mol. The van der Waals surface area contributed by atoms with Gasteiger partial charge < -0.3 is 14.5 Å². The first kappa shape index (κ1) is 32.0. The molecule has 0 bridgehead atoms. The molecule has 0 aliphatic heterocycles. The van der Waals surface area contributed by atoms with Gasteiger partial charge in [0, 0.05) is 50.9 Å². The minimum absolute atomic E-state index is 0.725. The van der Waals surface area contributed by atoms with E-state index in [1.165, 1.54) is 54.9 Å². The van der Waals surface area contributed by atoms with Gasteiger partial charge in [-0.25, -0.2) is 15.0 Å². The minimum atomic E-state index is 0.725. The van der Waals surface area contributed by atoms with Gasteiger partial charge in [0.25, 0.3) is 0 Å². The molecule has 0 aliphatic carbocycles. The maximum Gasteiger partial charge on any atom is 0.163 e. The van der Waals surface area contributed by atoms with Crippen molar-refractivity contribution >= 4 is 54.6 Å². The summed E-state index contributed by atoms with van der Waals surface area (Å²) in [5.41, 5.74) is 13.1. The quantitative estimate of drug-likeness (QED) is 0.199. The number of fused-ring (bicyclic) bond motifs is 7. The molecule has 250 valence electrons. The predicted octanol–water partition coefficient (Wildman–Crippen LogP) is 10.8. The molecule has 0 unspecified atom stereocenters. The van der Waals surface area contributed by atoms with Gasteiger partial charge in [0.15, 0.2) is 5.65 Å². The first-order chi connectivity index (χ1) is 24.9. The molecule has 9 rings (SSSR count). The molecule has 6 nitrogen and oxygen atoms in total. The topological polar surface area (TPSA) is 60.6 Å². The highest BCUT2D eigenvalue weighted by molar-refractivity contribution is 6.12. The van der Waals surface area contributed by atoms with Crippen molar-refractivity contribution in [2.45, 2.75) is 34.1 Å². The lowest BCUT2D eigenvalue weighted by atomic mass is 9.97. The van der Waals surface area contributed by atoms with E-state index in [9.17, 15) is 0 Å². The summed E-state index contributed by atoms with van der Waals surface area (Å²) in [6.45, 7) is 11.7. The standard InChI is InChI=1S/C41H31N5.C4H9N/c1-4-28-32(40-33-22-20-25(2)42-41(33)44-26(3)43-40)15-11-19-35(28)46-38-18-10-7-14-31(38)34-24-27(21-23-39(34)46)45-36-16-8-5-12-29(36)30-13-6-9-17-37(30)45;1-4(2)5-3/h5-24H,4H2,1-3H3;5H,1H2,2-3H3. The van der Waals surface area contributed by atoms with Crippen LogP contribution in [0.15, 0.2) is 134 Å². The van der Waals surface area contributed by atoms with E-state index in [2.05, 4.69) is 148 Å². The van der Waals surface area contributed by atoms with Gasteiger partial charge in [0.2, 0.25) is 0 Å². The summed E-state index contributed by atoms with van der Waals surface area (Å²) < 4.78 is 4.83. The molecule has 0 spiro atoms. The van der Waals surface area contributed by atoms with Crippen LogP contribution in [0.4, 0.5) is 0 Å². The Hall–Kier alpha value is -6.27. The Bertz CT molecular complexity index is 2720. The largest absolute Gasteiger partial charge is 0.392 e. The maximum atomic E-state index is 4.98. The molecule has 1 N–H and O–H groups in total. The van der Waals surface area contributed by atoms with E-state index in [0.717, 1.165) is 51.6 Å². The number of rotatable bonds is 5. The molecule has 0 fully saturated rings. The number of benzene rings is 5. The average molecular weight is 665 g/mol. The molecule has 0 atom stereocenters. The number of nitrogens with zero attached hydrogens (tertiary/aromatic N) is 5. The molecule has 0 radical (unpaired) electrons. The van der Waals surface area contributed by atoms with E-state index in [1.54, 1.807) is 0 Å². The van der Waals surface area contributed by atoms with Crippen LogP contribution in [0.1, 0.15) is 30.9 Å². The van der Waals surface area contributed by atoms with Crippen LogP contribution in [0.2, 0.25) is 0 Å². The highest BCUT2D eigenvalue weighted by Crippen LogP contribution is 2.39. The van der Waals surface area contributed by atoms with Gasteiger partial charge in [-0.05, 0) is 93.0 Å². The van der Waals surface area contributed by atoms with E-state index >= 15 is 0 Å². The van der Waals surface area contributed by atoms with Gasteiger partial charge in [0.05, 0.1) is 33.4 Å². The third-order valence-electron chi connectivity index (χ3n) is 9.73. The molecule has 4 aromatic heterocycles. The molecule has 6 heteroatoms. The van der Waals surface area contributed by atoms with Crippen LogP contribution < -0.4 is 5.32 Å². The summed E-state index contributed by atoms with van der Waals surface area (Å²) >= 11 is 0. The van der Waals surface area contributed by atoms with Crippen LogP contribution in [0.3, 0.4) is 0 Å². The Kier molecular flexibility index (Phi) is 8.07. The van der Waals surface area contributed by atoms with Gasteiger partial charge in [-0.3, -0.25) is 0 Å². The number of aromatic nitrogens is 5. The van der Waals surface area contributed by atoms with Crippen LogP contribution in [0.25, 0.3) is 77.3 Å². The lowest BCUT2D eigenvalue weighted by molar-refractivity contribution is 0.999. The van der Waals surface area contributed by atoms with Crippen LogP contribution >= 0.6 is 0 Å². The number of aryl methyl sites for hydroxylation is 2. The number of nitrogens with one attached hydrogen (secondary N) is 1. The number of para-hydroxylation sites is 3. The summed E-state index contributed by atoms with van der Waals surface area (Å²) in [6.07, 6.45) is 0.850. The highest BCUT2D eigenvalue weighted by atomic mass is 15.0. The van der Waals surface area contributed by atoms with Crippen molar-refractivity contribution in [3.8, 4) is 22.6 Å². The molecule has 0 saturated heterocycles. The van der Waals surface area contributed by atoms with E-state index in [-0.39, 0.29) is 0 Å². The van der Waals surface area contributed by atoms with E-state index in [0.29, 0.717) is 0 Å². The van der Waals surface area contributed by atoms with Crippen LogP contribution in [0.5, 0.6) is 0 Å². The molecular weight excluding hydrogens is 625 g/mol. The molecular formula is C45H40N6. The van der Waals surface area contributed by atoms with Gasteiger partial charge >= 0.3 is 0 Å². The molecule has 0 saturated carbocycles. The minimum Gasteiger partial charge on any atom is -0.392 e. The summed E-state index contributed by atoms with van der Waals surface area (Å²) in [4.78, 5) is 14.4. The van der Waals surface area contributed by atoms with Crippen molar-refractivity contribution in [2.75, 3.05) is 7.05 Å². The van der Waals surface area contributed by atoms with Crippen molar-refractivity contribution in [3.63, 3.8) is 0 Å². The lowest BCUT2D eigenvalue weighted by Crippen LogP contribution is -2.04. The second-order valence-corrected chi connectivity index (χ2v) is 13.1. The third-order valence-corrected chi connectivity index (χ3v) is 9.73. The van der Waals surface area contributed by atoms with Crippen molar-refractivity contribution in [3.05, 3.63) is 151 Å². The second kappa shape index (κ2) is 12.9. The maximum absolute atomic E-state index is 4.98. The Morgan fingerprint density at radius 1 is 0.627 bits per heavy atom. The Balaban J connectivity index is 0.000000702. The highest BCUT2D eigenvalue weighted by Gasteiger charge is 2.20. The van der Waals surface area contributed by atoms with Gasteiger partial charge in [-0.1, -0.05) is 80.2 Å². The Morgan fingerprint density at radius 3 is 1.84 bits per heavy atom. The number of hydrogen-bond donors (Lipinski definition) is 1. The molecule has 0 aliphatic rings. The first-order valence-electron chi connectivity index (χ1n) is 17.5. The Labute approximate surface area is 297 Å². The molecule has 0 amide bonds. The molecule has 5 aromatic carbocycles. The zero-order valence-electron chi connectivity index (χ0n) is 29.7. The van der Waals surface area contributed by atoms with Crippen LogP contribution in [-0.2, 0) is 6.42 Å². The number of pyridine rings is 1. The third kappa shape index (κ3) is 5.40. The number of allylic oxidation sites excluding steroid dienone is 1. The Morgan fingerprint density at radius 2 is 1.22 bits per heavy atom. The first-order valence-corrected chi connectivity index (χ1v) is 17.5. The van der Waals surface area contributed by atoms with Crippen LogP contribution in [0, 0.1) is 13.8 Å². The molecule has 51 heavy (non-hydrogen) atoms. The summed E-state index contributed by atoms with van der Waals surface area (Å²) in [6, 6.07) is 43.8. The predicted molar refractivity (Wildman–Crippen MR) is 214 cm³/mol. The van der Waals surface area contributed by atoms with E-state index in [4.69, 9.17) is 9.97 Å². The van der Waals surface area contributed by atoms with Gasteiger partial charge in [-0.2, -0.15) is 0 Å². The molecule has 9 aromatic rings. The number of hydrogen-bond acceptors (Lipinski definition) is 4. The summed E-state index contributed by atoms with van der Waals surface area (Å²) in [7, 11) is 1.85.